The highest BCUT2D eigenvalue weighted by atomic mass is 19.1. The van der Waals surface area contributed by atoms with Crippen molar-refractivity contribution < 1.29 is 9.18 Å². The van der Waals surface area contributed by atoms with Gasteiger partial charge in [-0.25, -0.2) is 4.39 Å². The fourth-order valence-corrected chi connectivity index (χ4v) is 3.41. The van der Waals surface area contributed by atoms with Gasteiger partial charge in [-0.15, -0.1) is 0 Å². The van der Waals surface area contributed by atoms with Crippen LogP contribution in [0.25, 0.3) is 10.9 Å². The number of halogens is 1. The van der Waals surface area contributed by atoms with E-state index < -0.39 is 0 Å². The molecule has 1 fully saturated rings. The van der Waals surface area contributed by atoms with Crippen molar-refractivity contribution in [3.8, 4) is 0 Å². The third-order valence-corrected chi connectivity index (χ3v) is 4.63. The molecule has 2 heterocycles. The molecule has 3 nitrogen and oxygen atoms in total. The lowest BCUT2D eigenvalue weighted by atomic mass is 9.98. The molecule has 4 rings (SSSR count). The summed E-state index contributed by atoms with van der Waals surface area (Å²) in [6.07, 6.45) is 3.01. The van der Waals surface area contributed by atoms with E-state index in [1.54, 1.807) is 12.1 Å². The van der Waals surface area contributed by atoms with Crippen molar-refractivity contribution in [2.45, 2.75) is 12.3 Å². The minimum atomic E-state index is -0.320. The highest BCUT2D eigenvalue weighted by molar-refractivity contribution is 5.94. The summed E-state index contributed by atoms with van der Waals surface area (Å²) in [7, 11) is 0. The lowest BCUT2D eigenvalue weighted by molar-refractivity contribution is 0.0791. The Morgan fingerprint density at radius 3 is 2.74 bits per heavy atom. The fourth-order valence-electron chi connectivity index (χ4n) is 3.41. The van der Waals surface area contributed by atoms with Gasteiger partial charge in [-0.05, 0) is 42.3 Å². The van der Waals surface area contributed by atoms with Crippen molar-refractivity contribution in [2.75, 3.05) is 13.1 Å². The summed E-state index contributed by atoms with van der Waals surface area (Å²) in [6, 6.07) is 14.0. The molecule has 4 heteroatoms. The van der Waals surface area contributed by atoms with Crippen molar-refractivity contribution in [1.82, 2.24) is 9.88 Å². The quantitative estimate of drug-likeness (QED) is 0.765. The van der Waals surface area contributed by atoms with Crippen molar-refractivity contribution >= 4 is 16.8 Å². The third-order valence-electron chi connectivity index (χ3n) is 4.63. The lowest BCUT2D eigenvalue weighted by Crippen LogP contribution is -2.28. The molecule has 1 saturated heterocycles. The minimum Gasteiger partial charge on any atom is -0.361 e. The van der Waals surface area contributed by atoms with Gasteiger partial charge in [0.2, 0.25) is 0 Å². The number of hydrogen-bond acceptors (Lipinski definition) is 1. The Balaban J connectivity index is 1.55. The number of nitrogens with one attached hydrogen (secondary N) is 1. The number of aromatic nitrogens is 1. The number of para-hydroxylation sites is 1. The summed E-state index contributed by atoms with van der Waals surface area (Å²) in [6.45, 7) is 1.44. The fraction of sp³-hybridized carbons (Fsp3) is 0.211. The van der Waals surface area contributed by atoms with Crippen molar-refractivity contribution in [2.24, 2.45) is 0 Å². The molecule has 1 aromatic heterocycles. The summed E-state index contributed by atoms with van der Waals surface area (Å²) in [4.78, 5) is 17.7. The van der Waals surface area contributed by atoms with Crippen LogP contribution in [0.1, 0.15) is 28.3 Å². The van der Waals surface area contributed by atoms with E-state index in [1.165, 1.54) is 23.1 Å². The topological polar surface area (TPSA) is 36.1 Å². The van der Waals surface area contributed by atoms with Crippen molar-refractivity contribution in [3.63, 3.8) is 0 Å². The molecule has 3 aromatic rings. The van der Waals surface area contributed by atoms with E-state index in [4.69, 9.17) is 0 Å². The first kappa shape index (κ1) is 14.0. The number of H-pyrrole nitrogens is 1. The molecule has 23 heavy (non-hydrogen) atoms. The zero-order valence-electron chi connectivity index (χ0n) is 12.6. The number of rotatable bonds is 2. The van der Waals surface area contributed by atoms with Crippen LogP contribution < -0.4 is 0 Å². The number of fused-ring (bicyclic) bond motifs is 1. The van der Waals surface area contributed by atoms with Crippen LogP contribution in [0.2, 0.25) is 0 Å². The number of benzene rings is 2. The smallest absolute Gasteiger partial charge is 0.253 e. The van der Waals surface area contributed by atoms with Crippen molar-refractivity contribution in [1.29, 1.82) is 0 Å². The molecule has 1 atom stereocenters. The van der Waals surface area contributed by atoms with E-state index in [-0.39, 0.29) is 11.7 Å². The number of aromatic amines is 1. The number of nitrogens with zero attached hydrogens (tertiary/aromatic N) is 1. The Morgan fingerprint density at radius 2 is 1.91 bits per heavy atom. The highest BCUT2D eigenvalue weighted by Gasteiger charge is 2.29. The first-order chi connectivity index (χ1) is 11.2. The van der Waals surface area contributed by atoms with Crippen LogP contribution in [-0.2, 0) is 0 Å². The number of likely N-dealkylation sites (tertiary alicyclic amines) is 1. The molecule has 116 valence electrons. The normalized spacial score (nSPS) is 17.8. The summed E-state index contributed by atoms with van der Waals surface area (Å²) in [5.41, 5.74) is 2.95. The van der Waals surface area contributed by atoms with Crippen LogP contribution in [0.4, 0.5) is 4.39 Å². The van der Waals surface area contributed by atoms with E-state index >= 15 is 0 Å². The van der Waals surface area contributed by atoms with E-state index in [9.17, 15) is 9.18 Å². The van der Waals surface area contributed by atoms with Gasteiger partial charge in [0.1, 0.15) is 5.82 Å². The molecule has 1 aliphatic rings. The molecule has 0 aliphatic carbocycles. The van der Waals surface area contributed by atoms with E-state index in [0.29, 0.717) is 18.0 Å². The Morgan fingerprint density at radius 1 is 1.13 bits per heavy atom. The van der Waals surface area contributed by atoms with Gasteiger partial charge < -0.3 is 9.88 Å². The van der Waals surface area contributed by atoms with Crippen LogP contribution in [0.5, 0.6) is 0 Å². The Labute approximate surface area is 133 Å². The van der Waals surface area contributed by atoms with E-state index in [1.807, 2.05) is 17.0 Å². The standard InChI is InChI=1S/C19H17FN2O/c20-15-7-5-13(6-8-15)19(23)22-10-9-14(12-22)17-11-21-18-4-2-1-3-16(17)18/h1-8,11,14,21H,9-10,12H2. The second kappa shape index (κ2) is 5.54. The number of carbonyl (C=O) groups excluding carboxylic acids is 1. The van der Waals surface area contributed by atoms with E-state index in [0.717, 1.165) is 18.5 Å². The molecule has 1 amide bonds. The molecule has 0 saturated carbocycles. The Bertz CT molecular complexity index is 853. The first-order valence-corrected chi connectivity index (χ1v) is 7.83. The zero-order valence-corrected chi connectivity index (χ0v) is 12.6. The van der Waals surface area contributed by atoms with Crippen molar-refractivity contribution in [3.05, 3.63) is 71.7 Å². The van der Waals surface area contributed by atoms with Gasteiger partial charge in [0.15, 0.2) is 0 Å². The van der Waals surface area contributed by atoms with Gasteiger partial charge in [-0.2, -0.15) is 0 Å². The monoisotopic (exact) mass is 308 g/mol. The molecule has 0 spiro atoms. The minimum absolute atomic E-state index is 0.0210. The average molecular weight is 308 g/mol. The van der Waals surface area contributed by atoms with Crippen LogP contribution >= 0.6 is 0 Å². The second-order valence-corrected chi connectivity index (χ2v) is 6.03. The predicted octanol–water partition coefficient (Wildman–Crippen LogP) is 3.94. The third kappa shape index (κ3) is 2.50. The molecule has 1 N–H and O–H groups in total. The average Bonchev–Trinajstić information content (AvgIpc) is 3.21. The molecule has 1 unspecified atom stereocenters. The molecule has 1 aliphatic heterocycles. The molecule has 0 bridgehead atoms. The van der Waals surface area contributed by atoms with E-state index in [2.05, 4.69) is 23.3 Å². The summed E-state index contributed by atoms with van der Waals surface area (Å²) >= 11 is 0. The van der Waals surface area contributed by atoms with Gasteiger partial charge in [-0.1, -0.05) is 18.2 Å². The van der Waals surface area contributed by atoms with Gasteiger partial charge in [-0.3, -0.25) is 4.79 Å². The maximum absolute atomic E-state index is 13.0. The van der Waals surface area contributed by atoms with Crippen LogP contribution in [0.15, 0.2) is 54.7 Å². The van der Waals surface area contributed by atoms with Crippen LogP contribution in [-0.4, -0.2) is 28.9 Å². The Kier molecular flexibility index (Phi) is 3.37. The highest BCUT2D eigenvalue weighted by Crippen LogP contribution is 2.32. The number of amides is 1. The SMILES string of the molecule is O=C(c1ccc(F)cc1)N1CCC(c2c[nH]c3ccccc23)C1. The summed E-state index contributed by atoms with van der Waals surface area (Å²) < 4.78 is 13.0. The molecular weight excluding hydrogens is 291 g/mol. The van der Waals surface area contributed by atoms with Gasteiger partial charge in [0, 0.05) is 41.7 Å². The maximum atomic E-state index is 13.0. The van der Waals surface area contributed by atoms with Crippen LogP contribution in [0, 0.1) is 5.82 Å². The molecule has 0 radical (unpaired) electrons. The van der Waals surface area contributed by atoms with Gasteiger partial charge >= 0.3 is 0 Å². The molecular formula is C19H17FN2O. The van der Waals surface area contributed by atoms with Gasteiger partial charge in [0.05, 0.1) is 0 Å². The maximum Gasteiger partial charge on any atom is 0.253 e. The number of hydrogen-bond donors (Lipinski definition) is 1. The van der Waals surface area contributed by atoms with Gasteiger partial charge in [0.25, 0.3) is 5.91 Å². The summed E-state index contributed by atoms with van der Waals surface area (Å²) in [5, 5.41) is 1.23. The molecule has 2 aromatic carbocycles. The number of carbonyl (C=O) groups is 1. The lowest BCUT2D eigenvalue weighted by Gasteiger charge is -2.16. The van der Waals surface area contributed by atoms with Crippen LogP contribution in [0.3, 0.4) is 0 Å². The zero-order chi connectivity index (χ0) is 15.8. The largest absolute Gasteiger partial charge is 0.361 e. The predicted molar refractivity (Wildman–Crippen MR) is 88.0 cm³/mol. The summed E-state index contributed by atoms with van der Waals surface area (Å²) in [5.74, 6) is 0.00234. The first-order valence-electron chi connectivity index (χ1n) is 7.83. The second-order valence-electron chi connectivity index (χ2n) is 6.03. The Hall–Kier alpha value is -2.62.